The van der Waals surface area contributed by atoms with Crippen LogP contribution in [0.2, 0.25) is 5.02 Å². The summed E-state index contributed by atoms with van der Waals surface area (Å²) in [5.41, 5.74) is 0.0469. The van der Waals surface area contributed by atoms with Crippen LogP contribution in [0.15, 0.2) is 36.4 Å². The molecule has 0 bridgehead atoms. The van der Waals surface area contributed by atoms with E-state index in [1.54, 1.807) is 0 Å². The van der Waals surface area contributed by atoms with Crippen LogP contribution in [0.25, 0.3) is 0 Å². The van der Waals surface area contributed by atoms with E-state index in [0.717, 1.165) is 12.1 Å². The Bertz CT molecular complexity index is 653. The third-order valence-electron chi connectivity index (χ3n) is 3.04. The third kappa shape index (κ3) is 3.88. The first kappa shape index (κ1) is 15.6. The van der Waals surface area contributed by atoms with Crippen molar-refractivity contribution in [3.63, 3.8) is 0 Å². The van der Waals surface area contributed by atoms with Crippen molar-refractivity contribution in [2.75, 3.05) is 5.32 Å². The highest BCUT2D eigenvalue weighted by atomic mass is 35.5. The summed E-state index contributed by atoms with van der Waals surface area (Å²) in [6.45, 7) is 1.47. The minimum atomic E-state index is -4.41. The molecule has 112 valence electrons. The first-order valence-corrected chi connectivity index (χ1v) is 6.51. The molecular weight excluding hydrogens is 306 g/mol. The van der Waals surface area contributed by atoms with Crippen LogP contribution in [0.5, 0.6) is 0 Å². The van der Waals surface area contributed by atoms with Gasteiger partial charge in [0.05, 0.1) is 5.56 Å². The van der Waals surface area contributed by atoms with E-state index in [1.807, 2.05) is 0 Å². The average Bonchev–Trinajstić information content (AvgIpc) is 2.38. The van der Waals surface area contributed by atoms with Crippen LogP contribution in [-0.4, -0.2) is 0 Å². The van der Waals surface area contributed by atoms with Crippen molar-refractivity contribution >= 4 is 17.3 Å². The number of nitrogens with one attached hydrogen (secondary N) is 1. The van der Waals surface area contributed by atoms with Gasteiger partial charge in [-0.2, -0.15) is 13.2 Å². The summed E-state index contributed by atoms with van der Waals surface area (Å²) in [5.74, 6) is -0.502. The Kier molecular flexibility index (Phi) is 4.42. The Hall–Kier alpha value is -1.75. The van der Waals surface area contributed by atoms with E-state index < -0.39 is 17.6 Å². The van der Waals surface area contributed by atoms with E-state index in [-0.39, 0.29) is 22.8 Å². The molecule has 2 aromatic carbocycles. The van der Waals surface area contributed by atoms with Crippen LogP contribution in [0.1, 0.15) is 16.7 Å². The fraction of sp³-hybridized carbons (Fsp3) is 0.200. The predicted molar refractivity (Wildman–Crippen MR) is 74.9 cm³/mol. The molecule has 0 heterocycles. The molecule has 1 nitrogen and oxygen atoms in total. The van der Waals surface area contributed by atoms with E-state index >= 15 is 0 Å². The van der Waals surface area contributed by atoms with Crippen LogP contribution in [0.4, 0.5) is 23.2 Å². The molecule has 0 aromatic heterocycles. The predicted octanol–water partition coefficient (Wildman–Crippen LogP) is 5.42. The van der Waals surface area contributed by atoms with Crippen molar-refractivity contribution in [2.45, 2.75) is 19.6 Å². The lowest BCUT2D eigenvalue weighted by Gasteiger charge is -2.13. The Morgan fingerprint density at radius 3 is 2.43 bits per heavy atom. The molecule has 6 heteroatoms. The number of halogens is 5. The van der Waals surface area contributed by atoms with Gasteiger partial charge in [0.2, 0.25) is 0 Å². The molecule has 2 rings (SSSR count). The van der Waals surface area contributed by atoms with Crippen LogP contribution in [-0.2, 0) is 12.7 Å². The second-order valence-electron chi connectivity index (χ2n) is 4.62. The molecule has 0 unspecified atom stereocenters. The van der Waals surface area contributed by atoms with Crippen molar-refractivity contribution in [3.05, 3.63) is 63.9 Å². The van der Waals surface area contributed by atoms with Crippen LogP contribution in [0, 0.1) is 12.7 Å². The smallest absolute Gasteiger partial charge is 0.381 e. The van der Waals surface area contributed by atoms with Gasteiger partial charge in [-0.05, 0) is 36.8 Å². The number of anilines is 1. The summed E-state index contributed by atoms with van der Waals surface area (Å²) in [5, 5.41) is 3.05. The molecule has 0 atom stereocenters. The molecule has 0 saturated heterocycles. The first-order chi connectivity index (χ1) is 9.77. The lowest BCUT2D eigenvalue weighted by Crippen LogP contribution is -2.09. The molecule has 0 fully saturated rings. The SMILES string of the molecule is Cc1ccc(NCc2ccc(Cl)cc2F)cc1C(F)(F)F. The lowest BCUT2D eigenvalue weighted by molar-refractivity contribution is -0.138. The van der Waals surface area contributed by atoms with E-state index in [0.29, 0.717) is 5.56 Å². The third-order valence-corrected chi connectivity index (χ3v) is 3.28. The van der Waals surface area contributed by atoms with Gasteiger partial charge in [0.15, 0.2) is 0 Å². The minimum Gasteiger partial charge on any atom is -0.381 e. The molecule has 0 aliphatic heterocycles. The van der Waals surface area contributed by atoms with Crippen molar-refractivity contribution < 1.29 is 17.6 Å². The number of benzene rings is 2. The van der Waals surface area contributed by atoms with E-state index in [4.69, 9.17) is 11.6 Å². The lowest BCUT2D eigenvalue weighted by atomic mass is 10.1. The van der Waals surface area contributed by atoms with Gasteiger partial charge < -0.3 is 5.32 Å². The maximum Gasteiger partial charge on any atom is 0.416 e. The summed E-state index contributed by atoms with van der Waals surface area (Å²) in [4.78, 5) is 0. The Morgan fingerprint density at radius 1 is 1.10 bits per heavy atom. The molecule has 2 aromatic rings. The Morgan fingerprint density at radius 2 is 1.81 bits per heavy atom. The molecule has 0 aliphatic carbocycles. The molecule has 0 spiro atoms. The second-order valence-corrected chi connectivity index (χ2v) is 5.05. The monoisotopic (exact) mass is 317 g/mol. The van der Waals surface area contributed by atoms with Gasteiger partial charge in [0.1, 0.15) is 5.82 Å². The highest BCUT2D eigenvalue weighted by Crippen LogP contribution is 2.33. The maximum atomic E-state index is 13.6. The zero-order chi connectivity index (χ0) is 15.6. The zero-order valence-electron chi connectivity index (χ0n) is 11.1. The second kappa shape index (κ2) is 5.93. The summed E-state index contributed by atoms with van der Waals surface area (Å²) in [6.07, 6.45) is -4.41. The van der Waals surface area contributed by atoms with Crippen molar-refractivity contribution in [1.82, 2.24) is 0 Å². The van der Waals surface area contributed by atoms with Gasteiger partial charge in [-0.3, -0.25) is 0 Å². The highest BCUT2D eigenvalue weighted by molar-refractivity contribution is 6.30. The van der Waals surface area contributed by atoms with Crippen LogP contribution in [0.3, 0.4) is 0 Å². The summed E-state index contributed by atoms with van der Waals surface area (Å²) in [7, 11) is 0. The van der Waals surface area contributed by atoms with Gasteiger partial charge in [-0.25, -0.2) is 4.39 Å². The van der Waals surface area contributed by atoms with E-state index in [2.05, 4.69) is 5.32 Å². The molecular formula is C15H12ClF4N. The summed E-state index contributed by atoms with van der Waals surface area (Å²) >= 11 is 5.64. The zero-order valence-corrected chi connectivity index (χ0v) is 11.8. The maximum absolute atomic E-state index is 13.6. The number of aryl methyl sites for hydroxylation is 1. The number of hydrogen-bond acceptors (Lipinski definition) is 1. The number of rotatable bonds is 3. The molecule has 1 N–H and O–H groups in total. The molecule has 0 amide bonds. The van der Waals surface area contributed by atoms with Crippen molar-refractivity contribution in [1.29, 1.82) is 0 Å². The molecule has 0 saturated carbocycles. The molecule has 21 heavy (non-hydrogen) atoms. The van der Waals surface area contributed by atoms with E-state index in [1.165, 1.54) is 31.2 Å². The topological polar surface area (TPSA) is 12.0 Å². The summed E-state index contributed by atoms with van der Waals surface area (Å²) in [6, 6.07) is 8.10. The minimum absolute atomic E-state index is 0.0728. The Balaban J connectivity index is 2.17. The fourth-order valence-corrected chi connectivity index (χ4v) is 2.06. The van der Waals surface area contributed by atoms with Crippen LogP contribution < -0.4 is 5.32 Å². The van der Waals surface area contributed by atoms with Gasteiger partial charge in [0, 0.05) is 22.8 Å². The fourth-order valence-electron chi connectivity index (χ4n) is 1.90. The molecule has 0 aliphatic rings. The van der Waals surface area contributed by atoms with Crippen LogP contribution >= 0.6 is 11.6 Å². The largest absolute Gasteiger partial charge is 0.416 e. The number of alkyl halides is 3. The van der Waals surface area contributed by atoms with Gasteiger partial charge in [-0.15, -0.1) is 0 Å². The Labute approximate surface area is 124 Å². The van der Waals surface area contributed by atoms with Gasteiger partial charge in [-0.1, -0.05) is 23.7 Å². The quantitative estimate of drug-likeness (QED) is 0.745. The van der Waals surface area contributed by atoms with Gasteiger partial charge >= 0.3 is 6.18 Å². The van der Waals surface area contributed by atoms with E-state index in [9.17, 15) is 17.6 Å². The standard InChI is InChI=1S/C15H12ClF4N/c1-9-2-5-12(7-13(9)15(18,19)20)21-8-10-3-4-11(16)6-14(10)17/h2-7,21H,8H2,1H3. The van der Waals surface area contributed by atoms with Crippen molar-refractivity contribution in [2.24, 2.45) is 0 Å². The normalized spacial score (nSPS) is 11.5. The molecule has 0 radical (unpaired) electrons. The summed E-state index contributed by atoms with van der Waals surface area (Å²) < 4.78 is 52.0. The van der Waals surface area contributed by atoms with Gasteiger partial charge in [0.25, 0.3) is 0 Å². The van der Waals surface area contributed by atoms with Crippen molar-refractivity contribution in [3.8, 4) is 0 Å². The first-order valence-electron chi connectivity index (χ1n) is 6.13. The highest BCUT2D eigenvalue weighted by Gasteiger charge is 2.32. The number of hydrogen-bond donors (Lipinski definition) is 1. The average molecular weight is 318 g/mol.